The Labute approximate surface area is 183 Å². The zero-order chi connectivity index (χ0) is 22.0. The first-order valence-electron chi connectivity index (χ1n) is 11.0. The number of fused-ring (bicyclic) bond motifs is 2. The van der Waals surface area contributed by atoms with Crippen molar-refractivity contribution in [3.8, 4) is 11.3 Å². The molecule has 8 nitrogen and oxygen atoms in total. The van der Waals surface area contributed by atoms with Gasteiger partial charge in [-0.25, -0.2) is 18.9 Å². The molecule has 4 aromatic rings. The predicted octanol–water partition coefficient (Wildman–Crippen LogP) is 2.81. The lowest BCUT2D eigenvalue weighted by molar-refractivity contribution is 0.0918. The Balaban J connectivity index is 1.31. The number of halogens is 1. The van der Waals surface area contributed by atoms with E-state index in [-0.39, 0.29) is 28.8 Å². The summed E-state index contributed by atoms with van der Waals surface area (Å²) in [6.45, 7) is 4.77. The minimum Gasteiger partial charge on any atom is -0.348 e. The number of carbonyl (C=O) groups excluding carboxylic acids is 1. The predicted molar refractivity (Wildman–Crippen MR) is 117 cm³/mol. The molecule has 2 fully saturated rings. The van der Waals surface area contributed by atoms with Crippen LogP contribution in [0.25, 0.3) is 22.6 Å². The molecule has 0 aromatic carbocycles. The Morgan fingerprint density at radius 3 is 2.84 bits per heavy atom. The second kappa shape index (κ2) is 6.83. The fourth-order valence-electron chi connectivity index (χ4n) is 4.76. The van der Waals surface area contributed by atoms with Crippen LogP contribution in [0.15, 0.2) is 30.7 Å². The van der Waals surface area contributed by atoms with Crippen molar-refractivity contribution >= 4 is 17.2 Å². The van der Waals surface area contributed by atoms with Crippen LogP contribution in [-0.2, 0) is 0 Å². The molecule has 164 valence electrons. The summed E-state index contributed by atoms with van der Waals surface area (Å²) < 4.78 is 18.2. The number of nitrogens with zero attached hydrogens (tertiary/aromatic N) is 5. The van der Waals surface area contributed by atoms with Crippen LogP contribution in [0.5, 0.6) is 0 Å². The Kier molecular flexibility index (Phi) is 4.13. The third-order valence-corrected chi connectivity index (χ3v) is 6.58. The maximum Gasteiger partial charge on any atom is 0.271 e. The minimum absolute atomic E-state index is 0.119. The van der Waals surface area contributed by atoms with Gasteiger partial charge in [0.15, 0.2) is 17.1 Å². The summed E-state index contributed by atoms with van der Waals surface area (Å²) in [6.07, 6.45) is 9.33. The molecule has 1 amide bonds. The molecule has 4 aromatic heterocycles. The molecule has 1 saturated carbocycles. The van der Waals surface area contributed by atoms with Gasteiger partial charge in [-0.3, -0.25) is 4.79 Å². The van der Waals surface area contributed by atoms with Gasteiger partial charge >= 0.3 is 0 Å². The molecule has 1 aliphatic carbocycles. The van der Waals surface area contributed by atoms with E-state index in [2.05, 4.69) is 25.7 Å². The maximum atomic E-state index is 14.9. The van der Waals surface area contributed by atoms with Crippen molar-refractivity contribution in [3.63, 3.8) is 0 Å². The number of rotatable bonds is 3. The van der Waals surface area contributed by atoms with Gasteiger partial charge in [0.25, 0.3) is 5.91 Å². The molecule has 9 heteroatoms. The van der Waals surface area contributed by atoms with E-state index in [1.165, 1.54) is 18.9 Å². The van der Waals surface area contributed by atoms with Crippen molar-refractivity contribution in [1.29, 1.82) is 0 Å². The van der Waals surface area contributed by atoms with Crippen molar-refractivity contribution in [3.05, 3.63) is 53.5 Å². The summed E-state index contributed by atoms with van der Waals surface area (Å²) in [5, 5.41) is 11.2. The van der Waals surface area contributed by atoms with Crippen LogP contribution in [0.1, 0.15) is 47.4 Å². The SMILES string of the molecule is Cc1cn2nc(-c3cc(F)c4nc(C(=O)N[C@@H]5CCNC6(CC6)C5)cn4c3)cc(C)c2n1. The van der Waals surface area contributed by atoms with Crippen LogP contribution in [0.4, 0.5) is 4.39 Å². The summed E-state index contributed by atoms with van der Waals surface area (Å²) in [5.74, 6) is -0.761. The number of pyridine rings is 1. The number of amides is 1. The Hall–Kier alpha value is -3.33. The van der Waals surface area contributed by atoms with E-state index in [1.807, 2.05) is 26.1 Å². The zero-order valence-corrected chi connectivity index (χ0v) is 18.0. The topological polar surface area (TPSA) is 88.6 Å². The molecule has 1 saturated heterocycles. The molecule has 0 radical (unpaired) electrons. The summed E-state index contributed by atoms with van der Waals surface area (Å²) in [6, 6.07) is 3.41. The standard InChI is InChI=1S/C23H24FN7O/c1-13-7-18(29-31-10-14(2)26-20(13)31)15-8-17(24)21-28-19(12-30(21)11-15)22(32)27-16-3-6-25-23(9-16)4-5-23/h7-8,10-12,16,25H,3-6,9H2,1-2H3,(H,27,32)/t16-/m1/s1. The van der Waals surface area contributed by atoms with Gasteiger partial charge in [0.1, 0.15) is 5.69 Å². The third kappa shape index (κ3) is 3.24. The number of carbonyl (C=O) groups is 1. The molecule has 1 atom stereocenters. The Morgan fingerprint density at radius 2 is 2.03 bits per heavy atom. The lowest BCUT2D eigenvalue weighted by Gasteiger charge is -2.30. The van der Waals surface area contributed by atoms with Gasteiger partial charge in [0.2, 0.25) is 0 Å². The molecule has 0 bridgehead atoms. The van der Waals surface area contributed by atoms with E-state index in [0.717, 1.165) is 36.3 Å². The van der Waals surface area contributed by atoms with Crippen LogP contribution in [0, 0.1) is 19.7 Å². The van der Waals surface area contributed by atoms with Gasteiger partial charge < -0.3 is 15.0 Å². The lowest BCUT2D eigenvalue weighted by atomic mass is 9.97. The molecule has 2 aliphatic rings. The van der Waals surface area contributed by atoms with Crippen LogP contribution >= 0.6 is 0 Å². The van der Waals surface area contributed by atoms with Crippen LogP contribution in [0.3, 0.4) is 0 Å². The van der Waals surface area contributed by atoms with Crippen molar-refractivity contribution in [2.24, 2.45) is 0 Å². The number of aryl methyl sites for hydroxylation is 2. The summed E-state index contributed by atoms with van der Waals surface area (Å²) in [7, 11) is 0. The second-order valence-corrected chi connectivity index (χ2v) is 9.17. The number of aromatic nitrogens is 5. The molecule has 2 N–H and O–H groups in total. The van der Waals surface area contributed by atoms with E-state index >= 15 is 0 Å². The van der Waals surface area contributed by atoms with Crippen molar-refractivity contribution in [2.45, 2.75) is 51.1 Å². The fraction of sp³-hybridized carbons (Fsp3) is 0.391. The van der Waals surface area contributed by atoms with Crippen molar-refractivity contribution in [2.75, 3.05) is 6.54 Å². The molecular formula is C23H24FN7O. The summed E-state index contributed by atoms with van der Waals surface area (Å²) >= 11 is 0. The molecule has 0 unspecified atom stereocenters. The summed E-state index contributed by atoms with van der Waals surface area (Å²) in [5.41, 5.74) is 4.38. The molecule has 32 heavy (non-hydrogen) atoms. The average molecular weight is 433 g/mol. The highest BCUT2D eigenvalue weighted by molar-refractivity contribution is 5.93. The number of hydrogen-bond acceptors (Lipinski definition) is 5. The highest BCUT2D eigenvalue weighted by atomic mass is 19.1. The van der Waals surface area contributed by atoms with E-state index in [9.17, 15) is 9.18 Å². The first-order chi connectivity index (χ1) is 15.4. The quantitative estimate of drug-likeness (QED) is 0.519. The smallest absolute Gasteiger partial charge is 0.271 e. The lowest BCUT2D eigenvalue weighted by Crippen LogP contribution is -2.49. The highest BCUT2D eigenvalue weighted by Crippen LogP contribution is 2.42. The van der Waals surface area contributed by atoms with E-state index in [0.29, 0.717) is 11.3 Å². The fourth-order valence-corrected chi connectivity index (χ4v) is 4.76. The zero-order valence-electron chi connectivity index (χ0n) is 18.0. The van der Waals surface area contributed by atoms with E-state index in [1.54, 1.807) is 21.3 Å². The largest absolute Gasteiger partial charge is 0.348 e. The molecule has 5 heterocycles. The Morgan fingerprint density at radius 1 is 1.19 bits per heavy atom. The molecular weight excluding hydrogens is 409 g/mol. The highest BCUT2D eigenvalue weighted by Gasteiger charge is 2.46. The second-order valence-electron chi connectivity index (χ2n) is 9.17. The third-order valence-electron chi connectivity index (χ3n) is 6.58. The average Bonchev–Trinajstić information content (AvgIpc) is 3.18. The molecule has 1 aliphatic heterocycles. The normalized spacial score (nSPS) is 19.7. The maximum absolute atomic E-state index is 14.9. The van der Waals surface area contributed by atoms with Gasteiger partial charge in [-0.15, -0.1) is 0 Å². The molecule has 1 spiro atoms. The first-order valence-corrected chi connectivity index (χ1v) is 11.0. The number of nitrogens with one attached hydrogen (secondary N) is 2. The van der Waals surface area contributed by atoms with E-state index in [4.69, 9.17) is 0 Å². The van der Waals surface area contributed by atoms with Gasteiger partial charge in [0, 0.05) is 29.5 Å². The van der Waals surface area contributed by atoms with Crippen LogP contribution < -0.4 is 10.6 Å². The number of imidazole rings is 2. The number of hydrogen-bond donors (Lipinski definition) is 2. The van der Waals surface area contributed by atoms with Crippen molar-refractivity contribution < 1.29 is 9.18 Å². The monoisotopic (exact) mass is 433 g/mol. The van der Waals surface area contributed by atoms with Gasteiger partial charge in [-0.2, -0.15) is 5.10 Å². The minimum atomic E-state index is -0.498. The van der Waals surface area contributed by atoms with Crippen LogP contribution in [-0.4, -0.2) is 48.0 Å². The Bertz CT molecular complexity index is 1380. The molecule has 6 rings (SSSR count). The van der Waals surface area contributed by atoms with Crippen molar-refractivity contribution in [1.82, 2.24) is 34.6 Å². The van der Waals surface area contributed by atoms with Crippen LogP contribution in [0.2, 0.25) is 0 Å². The summed E-state index contributed by atoms with van der Waals surface area (Å²) in [4.78, 5) is 21.5. The van der Waals surface area contributed by atoms with E-state index < -0.39 is 5.82 Å². The number of piperidine rings is 1. The van der Waals surface area contributed by atoms with Gasteiger partial charge in [0.05, 0.1) is 17.6 Å². The van der Waals surface area contributed by atoms with Gasteiger partial charge in [-0.1, -0.05) is 0 Å². The van der Waals surface area contributed by atoms with Gasteiger partial charge in [-0.05, 0) is 63.8 Å². The first kappa shape index (κ1) is 19.4.